The van der Waals surface area contributed by atoms with E-state index in [1.807, 2.05) is 0 Å². The molecule has 0 spiro atoms. The van der Waals surface area contributed by atoms with Gasteiger partial charge < -0.3 is 5.11 Å². The second kappa shape index (κ2) is 3.71. The van der Waals surface area contributed by atoms with Crippen LogP contribution in [0.5, 0.6) is 0 Å². The molecule has 1 N–H and O–H groups in total. The van der Waals surface area contributed by atoms with Crippen molar-refractivity contribution in [1.29, 1.82) is 0 Å². The summed E-state index contributed by atoms with van der Waals surface area (Å²) in [6.45, 7) is 9.27. The van der Waals surface area contributed by atoms with Gasteiger partial charge >= 0.3 is 0 Å². The lowest BCUT2D eigenvalue weighted by atomic mass is 9.80. The third-order valence-electron chi connectivity index (χ3n) is 5.95. The zero-order valence-corrected chi connectivity index (χ0v) is 11.6. The SMILES string of the molecule is CC1(O)C[C@H]2[C@@H](CC1N1CCCCC1)C2(C)C. The predicted octanol–water partition coefficient (Wildman–Crippen LogP) is 2.66. The second-order valence-electron chi connectivity index (χ2n) is 7.44. The molecular formula is C15H27NO. The normalized spacial score (nSPS) is 49.8. The molecule has 2 saturated carbocycles. The van der Waals surface area contributed by atoms with Crippen molar-refractivity contribution in [2.45, 2.75) is 64.5 Å². The lowest BCUT2D eigenvalue weighted by Crippen LogP contribution is -2.54. The fourth-order valence-corrected chi connectivity index (χ4v) is 4.58. The van der Waals surface area contributed by atoms with Gasteiger partial charge in [-0.3, -0.25) is 4.90 Å². The summed E-state index contributed by atoms with van der Waals surface area (Å²) < 4.78 is 0. The minimum Gasteiger partial charge on any atom is -0.389 e. The average molecular weight is 237 g/mol. The van der Waals surface area contributed by atoms with Crippen LogP contribution in [0.2, 0.25) is 0 Å². The Morgan fingerprint density at radius 1 is 1.00 bits per heavy atom. The van der Waals surface area contributed by atoms with Gasteiger partial charge in [-0.05, 0) is 62.9 Å². The van der Waals surface area contributed by atoms with Crippen molar-refractivity contribution in [2.75, 3.05) is 13.1 Å². The lowest BCUT2D eigenvalue weighted by molar-refractivity contribution is -0.0680. The maximum atomic E-state index is 10.8. The molecule has 1 saturated heterocycles. The Bertz CT molecular complexity index is 304. The van der Waals surface area contributed by atoms with E-state index in [0.29, 0.717) is 11.5 Å². The van der Waals surface area contributed by atoms with Crippen molar-refractivity contribution in [3.05, 3.63) is 0 Å². The molecule has 0 aromatic heterocycles. The maximum Gasteiger partial charge on any atom is 0.0777 e. The van der Waals surface area contributed by atoms with Crippen LogP contribution in [0.25, 0.3) is 0 Å². The molecule has 2 nitrogen and oxygen atoms in total. The number of piperidine rings is 1. The molecule has 0 bridgehead atoms. The van der Waals surface area contributed by atoms with Crippen LogP contribution in [0.4, 0.5) is 0 Å². The first-order valence-corrected chi connectivity index (χ1v) is 7.39. The molecule has 2 aliphatic carbocycles. The molecule has 3 aliphatic rings. The van der Waals surface area contributed by atoms with Crippen LogP contribution in [-0.2, 0) is 0 Å². The Balaban J connectivity index is 1.75. The Labute approximate surface area is 105 Å². The molecule has 4 atom stereocenters. The van der Waals surface area contributed by atoms with E-state index < -0.39 is 5.60 Å². The highest BCUT2D eigenvalue weighted by Crippen LogP contribution is 2.66. The van der Waals surface area contributed by atoms with Crippen molar-refractivity contribution < 1.29 is 5.11 Å². The number of rotatable bonds is 1. The highest BCUT2D eigenvalue weighted by molar-refractivity contribution is 5.14. The van der Waals surface area contributed by atoms with Crippen LogP contribution in [0, 0.1) is 17.3 Å². The molecule has 3 fully saturated rings. The Kier molecular flexibility index (Phi) is 2.61. The first-order valence-electron chi connectivity index (χ1n) is 7.39. The summed E-state index contributed by atoms with van der Waals surface area (Å²) in [7, 11) is 0. The van der Waals surface area contributed by atoms with Gasteiger partial charge in [-0.1, -0.05) is 20.3 Å². The number of hydrogen-bond acceptors (Lipinski definition) is 2. The summed E-state index contributed by atoms with van der Waals surface area (Å²) in [5.41, 5.74) is 0.0425. The predicted molar refractivity (Wildman–Crippen MR) is 69.8 cm³/mol. The van der Waals surface area contributed by atoms with Gasteiger partial charge in [0.15, 0.2) is 0 Å². The molecule has 0 amide bonds. The number of likely N-dealkylation sites (tertiary alicyclic amines) is 1. The molecule has 0 radical (unpaired) electrons. The third-order valence-corrected chi connectivity index (χ3v) is 5.95. The summed E-state index contributed by atoms with van der Waals surface area (Å²) in [4.78, 5) is 2.58. The van der Waals surface area contributed by atoms with Gasteiger partial charge in [0.05, 0.1) is 5.60 Å². The second-order valence-corrected chi connectivity index (χ2v) is 7.44. The zero-order valence-electron chi connectivity index (χ0n) is 11.6. The Morgan fingerprint density at radius 3 is 2.29 bits per heavy atom. The van der Waals surface area contributed by atoms with Crippen LogP contribution in [0.3, 0.4) is 0 Å². The molecule has 2 unspecified atom stereocenters. The van der Waals surface area contributed by atoms with Crippen molar-refractivity contribution in [1.82, 2.24) is 4.90 Å². The minimum atomic E-state index is -0.452. The van der Waals surface area contributed by atoms with E-state index >= 15 is 0 Å². The van der Waals surface area contributed by atoms with E-state index in [1.165, 1.54) is 38.8 Å². The number of hydrogen-bond donors (Lipinski definition) is 1. The van der Waals surface area contributed by atoms with Crippen LogP contribution >= 0.6 is 0 Å². The van der Waals surface area contributed by atoms with E-state index in [4.69, 9.17) is 0 Å². The Hall–Kier alpha value is -0.0800. The highest BCUT2D eigenvalue weighted by atomic mass is 16.3. The largest absolute Gasteiger partial charge is 0.389 e. The van der Waals surface area contributed by atoms with E-state index in [-0.39, 0.29) is 0 Å². The summed E-state index contributed by atoms with van der Waals surface area (Å²) >= 11 is 0. The van der Waals surface area contributed by atoms with Crippen molar-refractivity contribution in [2.24, 2.45) is 17.3 Å². The van der Waals surface area contributed by atoms with Crippen LogP contribution in [0.15, 0.2) is 0 Å². The first kappa shape index (κ1) is 12.0. The molecule has 0 aromatic carbocycles. The highest BCUT2D eigenvalue weighted by Gasteiger charge is 2.64. The van der Waals surface area contributed by atoms with E-state index in [2.05, 4.69) is 25.7 Å². The van der Waals surface area contributed by atoms with Gasteiger partial charge in [0, 0.05) is 6.04 Å². The lowest BCUT2D eigenvalue weighted by Gasteiger charge is -2.45. The van der Waals surface area contributed by atoms with Crippen molar-refractivity contribution in [3.63, 3.8) is 0 Å². The molecule has 17 heavy (non-hydrogen) atoms. The zero-order chi connectivity index (χ0) is 12.3. The minimum absolute atomic E-state index is 0.422. The smallest absolute Gasteiger partial charge is 0.0777 e. The molecule has 0 aromatic rings. The number of fused-ring (bicyclic) bond motifs is 1. The van der Waals surface area contributed by atoms with Gasteiger partial charge in [-0.25, -0.2) is 0 Å². The van der Waals surface area contributed by atoms with Crippen molar-refractivity contribution in [3.8, 4) is 0 Å². The van der Waals surface area contributed by atoms with Crippen LogP contribution in [-0.4, -0.2) is 34.7 Å². The summed E-state index contributed by atoms with van der Waals surface area (Å²) in [5.74, 6) is 1.65. The summed E-state index contributed by atoms with van der Waals surface area (Å²) in [5, 5.41) is 10.8. The summed E-state index contributed by atoms with van der Waals surface area (Å²) in [6, 6.07) is 0.422. The average Bonchev–Trinajstić information content (AvgIpc) is 2.78. The molecule has 1 aliphatic heterocycles. The quantitative estimate of drug-likeness (QED) is 0.758. The van der Waals surface area contributed by atoms with Gasteiger partial charge in [0.1, 0.15) is 0 Å². The van der Waals surface area contributed by atoms with Crippen molar-refractivity contribution >= 4 is 0 Å². The molecule has 98 valence electrons. The van der Waals surface area contributed by atoms with Gasteiger partial charge in [-0.15, -0.1) is 0 Å². The molecule has 1 heterocycles. The van der Waals surface area contributed by atoms with Gasteiger partial charge in [-0.2, -0.15) is 0 Å². The molecular weight excluding hydrogens is 210 g/mol. The standard InChI is InChI=1S/C15H27NO/c1-14(2)11-9-13(15(3,17)10-12(11)14)16-7-5-4-6-8-16/h11-13,17H,4-10H2,1-3H3/t11-,12+,13?,15?/m1/s1. The van der Waals surface area contributed by atoms with Gasteiger partial charge in [0.2, 0.25) is 0 Å². The first-order chi connectivity index (χ1) is 7.93. The topological polar surface area (TPSA) is 23.5 Å². The fraction of sp³-hybridized carbons (Fsp3) is 1.00. The Morgan fingerprint density at radius 2 is 1.65 bits per heavy atom. The molecule has 2 heteroatoms. The third kappa shape index (κ3) is 1.84. The number of nitrogens with zero attached hydrogens (tertiary/aromatic N) is 1. The van der Waals surface area contributed by atoms with Gasteiger partial charge in [0.25, 0.3) is 0 Å². The molecule has 3 rings (SSSR count). The summed E-state index contributed by atoms with van der Waals surface area (Å²) in [6.07, 6.45) is 6.27. The fourth-order valence-electron chi connectivity index (χ4n) is 4.58. The maximum absolute atomic E-state index is 10.8. The van der Waals surface area contributed by atoms with E-state index in [1.54, 1.807) is 0 Å². The van der Waals surface area contributed by atoms with Crippen LogP contribution in [0.1, 0.15) is 52.9 Å². The van der Waals surface area contributed by atoms with Crippen LogP contribution < -0.4 is 0 Å². The monoisotopic (exact) mass is 237 g/mol. The van der Waals surface area contributed by atoms with E-state index in [0.717, 1.165) is 18.3 Å². The van der Waals surface area contributed by atoms with E-state index in [9.17, 15) is 5.11 Å². The number of aliphatic hydroxyl groups is 1.